The van der Waals surface area contributed by atoms with Crippen LogP contribution in [-0.4, -0.2) is 29.7 Å². The van der Waals surface area contributed by atoms with Crippen LogP contribution in [-0.2, 0) is 0 Å². The monoisotopic (exact) mass is 251 g/mol. The number of hydrogen-bond acceptors (Lipinski definition) is 5. The molecule has 3 heterocycles. The number of benzene rings is 1. The Hall–Kier alpha value is -2.96. The van der Waals surface area contributed by atoms with Crippen LogP contribution in [0.2, 0.25) is 0 Å². The fraction of sp³-hybridized carbons (Fsp3) is 0. The van der Waals surface area contributed by atoms with E-state index in [1.165, 1.54) is 6.33 Å². The standard InChI is InChI=1S/C12H9N7/c13-8-2-1-7-4-18-19(9(7)3-8)12-10-11(15-5-14-10)16-6-17-12/h1-6H,13H2,(H,14,15,16,17). The summed E-state index contributed by atoms with van der Waals surface area (Å²) in [6.45, 7) is 0. The lowest BCUT2D eigenvalue weighted by molar-refractivity contribution is 0.875. The number of rotatable bonds is 1. The third kappa shape index (κ3) is 1.38. The van der Waals surface area contributed by atoms with Gasteiger partial charge in [-0.2, -0.15) is 5.10 Å². The quantitative estimate of drug-likeness (QED) is 0.496. The second-order valence-electron chi connectivity index (χ2n) is 4.17. The lowest BCUT2D eigenvalue weighted by Gasteiger charge is -2.03. The van der Waals surface area contributed by atoms with Crippen LogP contribution in [0.15, 0.2) is 37.1 Å². The van der Waals surface area contributed by atoms with Crippen molar-refractivity contribution in [2.24, 2.45) is 0 Å². The van der Waals surface area contributed by atoms with E-state index in [1.807, 2.05) is 18.2 Å². The topological polar surface area (TPSA) is 98.3 Å². The van der Waals surface area contributed by atoms with Crippen LogP contribution in [0.4, 0.5) is 5.69 Å². The maximum Gasteiger partial charge on any atom is 0.183 e. The van der Waals surface area contributed by atoms with Gasteiger partial charge in [0.15, 0.2) is 11.5 Å². The summed E-state index contributed by atoms with van der Waals surface area (Å²) < 4.78 is 1.73. The number of fused-ring (bicyclic) bond motifs is 2. The Bertz CT molecular complexity index is 889. The molecule has 3 N–H and O–H groups in total. The van der Waals surface area contributed by atoms with E-state index in [0.29, 0.717) is 17.2 Å². The zero-order chi connectivity index (χ0) is 12.8. The van der Waals surface area contributed by atoms with Crippen molar-refractivity contribution >= 4 is 27.8 Å². The van der Waals surface area contributed by atoms with Gasteiger partial charge < -0.3 is 10.7 Å². The fourth-order valence-electron chi connectivity index (χ4n) is 2.12. The van der Waals surface area contributed by atoms with Gasteiger partial charge in [0, 0.05) is 11.1 Å². The highest BCUT2D eigenvalue weighted by Crippen LogP contribution is 2.22. The van der Waals surface area contributed by atoms with Gasteiger partial charge in [0.25, 0.3) is 0 Å². The van der Waals surface area contributed by atoms with Crippen molar-refractivity contribution in [2.75, 3.05) is 5.73 Å². The Morgan fingerprint density at radius 3 is 3.05 bits per heavy atom. The molecule has 19 heavy (non-hydrogen) atoms. The molecule has 0 bridgehead atoms. The molecule has 7 heteroatoms. The third-order valence-electron chi connectivity index (χ3n) is 3.00. The molecule has 92 valence electrons. The van der Waals surface area contributed by atoms with E-state index in [0.717, 1.165) is 16.4 Å². The summed E-state index contributed by atoms with van der Waals surface area (Å²) in [4.78, 5) is 15.5. The average molecular weight is 251 g/mol. The molecule has 0 spiro atoms. The number of anilines is 1. The number of nitrogens with one attached hydrogen (secondary N) is 1. The summed E-state index contributed by atoms with van der Waals surface area (Å²) in [7, 11) is 0. The molecule has 4 rings (SSSR count). The van der Waals surface area contributed by atoms with Crippen LogP contribution < -0.4 is 5.73 Å². The largest absolute Gasteiger partial charge is 0.399 e. The molecule has 0 amide bonds. The van der Waals surface area contributed by atoms with Crippen LogP contribution in [0.25, 0.3) is 27.9 Å². The molecule has 0 fully saturated rings. The Kier molecular flexibility index (Phi) is 1.85. The first kappa shape index (κ1) is 10.0. The normalized spacial score (nSPS) is 11.4. The van der Waals surface area contributed by atoms with Gasteiger partial charge in [-0.25, -0.2) is 19.6 Å². The molecule has 0 radical (unpaired) electrons. The molecule has 0 aliphatic heterocycles. The van der Waals surface area contributed by atoms with Crippen LogP contribution in [0.5, 0.6) is 0 Å². The maximum atomic E-state index is 5.83. The lowest BCUT2D eigenvalue weighted by Crippen LogP contribution is -2.01. The van der Waals surface area contributed by atoms with Gasteiger partial charge in [-0.05, 0) is 18.2 Å². The molecule has 0 saturated carbocycles. The molecule has 4 aromatic rings. The molecular weight excluding hydrogens is 242 g/mol. The highest BCUT2D eigenvalue weighted by Gasteiger charge is 2.11. The second kappa shape index (κ2) is 3.52. The number of nitrogen functional groups attached to an aromatic ring is 1. The van der Waals surface area contributed by atoms with Crippen molar-refractivity contribution in [1.29, 1.82) is 0 Å². The summed E-state index contributed by atoms with van der Waals surface area (Å²) in [5.74, 6) is 0.656. The summed E-state index contributed by atoms with van der Waals surface area (Å²) in [5.41, 5.74) is 8.76. The van der Waals surface area contributed by atoms with Crippen molar-refractivity contribution < 1.29 is 0 Å². The van der Waals surface area contributed by atoms with Gasteiger partial charge in [0.05, 0.1) is 18.0 Å². The number of aromatic nitrogens is 6. The molecule has 0 aliphatic rings. The Balaban J connectivity index is 2.09. The van der Waals surface area contributed by atoms with E-state index < -0.39 is 0 Å². The maximum absolute atomic E-state index is 5.83. The number of imidazole rings is 1. The highest BCUT2D eigenvalue weighted by atomic mass is 15.3. The Morgan fingerprint density at radius 2 is 2.11 bits per heavy atom. The number of nitrogens with zero attached hydrogens (tertiary/aromatic N) is 5. The average Bonchev–Trinajstić information content (AvgIpc) is 3.03. The summed E-state index contributed by atoms with van der Waals surface area (Å²) in [5, 5.41) is 5.36. The van der Waals surface area contributed by atoms with Crippen molar-refractivity contribution in [3.8, 4) is 5.82 Å². The molecule has 0 atom stereocenters. The minimum absolute atomic E-state index is 0.609. The van der Waals surface area contributed by atoms with Crippen molar-refractivity contribution in [3.63, 3.8) is 0 Å². The van der Waals surface area contributed by atoms with Crippen molar-refractivity contribution in [1.82, 2.24) is 29.7 Å². The molecule has 3 aromatic heterocycles. The first-order valence-electron chi connectivity index (χ1n) is 5.70. The molecule has 0 saturated heterocycles. The highest BCUT2D eigenvalue weighted by molar-refractivity contribution is 5.86. The smallest absolute Gasteiger partial charge is 0.183 e. The van der Waals surface area contributed by atoms with E-state index >= 15 is 0 Å². The van der Waals surface area contributed by atoms with Crippen LogP contribution in [0, 0.1) is 0 Å². The molecular formula is C12H9N7. The van der Waals surface area contributed by atoms with Crippen LogP contribution in [0.1, 0.15) is 0 Å². The number of nitrogens with two attached hydrogens (primary N) is 1. The number of hydrogen-bond donors (Lipinski definition) is 2. The van der Waals surface area contributed by atoms with Gasteiger partial charge in [-0.1, -0.05) is 0 Å². The van der Waals surface area contributed by atoms with Gasteiger partial charge in [0.2, 0.25) is 0 Å². The summed E-state index contributed by atoms with van der Waals surface area (Å²) in [6, 6.07) is 5.65. The minimum atomic E-state index is 0.609. The van der Waals surface area contributed by atoms with E-state index in [1.54, 1.807) is 17.2 Å². The van der Waals surface area contributed by atoms with E-state index in [9.17, 15) is 0 Å². The third-order valence-corrected chi connectivity index (χ3v) is 3.00. The number of H-pyrrole nitrogens is 1. The van der Waals surface area contributed by atoms with Gasteiger partial charge >= 0.3 is 0 Å². The second-order valence-corrected chi connectivity index (χ2v) is 4.17. The van der Waals surface area contributed by atoms with E-state index in [-0.39, 0.29) is 0 Å². The Labute approximate surface area is 107 Å². The molecule has 7 nitrogen and oxygen atoms in total. The van der Waals surface area contributed by atoms with Gasteiger partial charge in [-0.3, -0.25) is 0 Å². The number of aromatic amines is 1. The van der Waals surface area contributed by atoms with Gasteiger partial charge in [0.1, 0.15) is 11.8 Å². The summed E-state index contributed by atoms with van der Waals surface area (Å²) >= 11 is 0. The molecule has 0 unspecified atom stereocenters. The van der Waals surface area contributed by atoms with Gasteiger partial charge in [-0.15, -0.1) is 0 Å². The predicted octanol–water partition coefficient (Wildman–Crippen LogP) is 1.27. The zero-order valence-electron chi connectivity index (χ0n) is 9.78. The van der Waals surface area contributed by atoms with Crippen molar-refractivity contribution in [3.05, 3.63) is 37.1 Å². The minimum Gasteiger partial charge on any atom is -0.399 e. The lowest BCUT2D eigenvalue weighted by atomic mass is 10.2. The molecule has 0 aliphatic carbocycles. The predicted molar refractivity (Wildman–Crippen MR) is 70.7 cm³/mol. The molecule has 1 aromatic carbocycles. The summed E-state index contributed by atoms with van der Waals surface area (Å²) in [6.07, 6.45) is 4.83. The van der Waals surface area contributed by atoms with Crippen molar-refractivity contribution in [2.45, 2.75) is 0 Å². The first-order valence-corrected chi connectivity index (χ1v) is 5.70. The van der Waals surface area contributed by atoms with Crippen LogP contribution in [0.3, 0.4) is 0 Å². The zero-order valence-corrected chi connectivity index (χ0v) is 9.78. The fourth-order valence-corrected chi connectivity index (χ4v) is 2.12. The van der Waals surface area contributed by atoms with E-state index in [4.69, 9.17) is 5.73 Å². The SMILES string of the molecule is Nc1ccc2cnn(-c3ncnc4nc[nH]c34)c2c1. The van der Waals surface area contributed by atoms with E-state index in [2.05, 4.69) is 25.0 Å². The Morgan fingerprint density at radius 1 is 1.16 bits per heavy atom. The van der Waals surface area contributed by atoms with Crippen LogP contribution >= 0.6 is 0 Å². The first-order chi connectivity index (χ1) is 9.33.